The minimum atomic E-state index is -3.35. The van der Waals surface area contributed by atoms with Crippen LogP contribution in [0.3, 0.4) is 0 Å². The Morgan fingerprint density at radius 2 is 2.00 bits per heavy atom. The van der Waals surface area contributed by atoms with Gasteiger partial charge in [-0.25, -0.2) is 8.42 Å². The molecule has 6 nitrogen and oxygen atoms in total. The first-order valence-corrected chi connectivity index (χ1v) is 13.2. The summed E-state index contributed by atoms with van der Waals surface area (Å²) in [7, 11) is -3.35. The molecule has 0 saturated carbocycles. The molecule has 0 saturated heterocycles. The Morgan fingerprint density at radius 1 is 1.16 bits per heavy atom. The van der Waals surface area contributed by atoms with Gasteiger partial charge in [0, 0.05) is 28.4 Å². The molecule has 1 aliphatic carbocycles. The Bertz CT molecular complexity index is 1160. The zero-order valence-electron chi connectivity index (χ0n) is 17.6. The van der Waals surface area contributed by atoms with Gasteiger partial charge in [-0.1, -0.05) is 12.1 Å². The summed E-state index contributed by atoms with van der Waals surface area (Å²) in [6, 6.07) is 13.1. The molecular weight excluding hydrogens is 432 g/mol. The minimum absolute atomic E-state index is 0.350. The number of benzene rings is 2. The van der Waals surface area contributed by atoms with Crippen molar-refractivity contribution in [2.24, 2.45) is 0 Å². The molecule has 3 N–H and O–H groups in total. The molecule has 166 valence electrons. The van der Waals surface area contributed by atoms with Crippen molar-refractivity contribution in [3.8, 4) is 5.75 Å². The number of nitrogens with one attached hydrogen (secondary N) is 2. The lowest BCUT2D eigenvalue weighted by atomic mass is 9.96. The van der Waals surface area contributed by atoms with Crippen molar-refractivity contribution < 1.29 is 18.3 Å². The normalized spacial score (nSPS) is 14.9. The van der Waals surface area contributed by atoms with Crippen molar-refractivity contribution in [2.45, 2.75) is 31.8 Å². The molecule has 1 unspecified atom stereocenters. The SMILES string of the molecule is CS(=O)(=O)Nc1cccc(C(O)CNCCOc2ccc3c4c(sc3c2)CCCC4)c1. The Hall–Kier alpha value is -2.13. The molecule has 1 heterocycles. The summed E-state index contributed by atoms with van der Waals surface area (Å²) >= 11 is 1.89. The highest BCUT2D eigenvalue weighted by molar-refractivity contribution is 7.92. The fraction of sp³-hybridized carbons (Fsp3) is 0.391. The van der Waals surface area contributed by atoms with Crippen LogP contribution in [-0.2, 0) is 22.9 Å². The van der Waals surface area contributed by atoms with E-state index in [1.807, 2.05) is 17.4 Å². The number of hydrogen-bond acceptors (Lipinski definition) is 6. The number of aliphatic hydroxyl groups excluding tert-OH is 1. The maximum Gasteiger partial charge on any atom is 0.229 e. The summed E-state index contributed by atoms with van der Waals surface area (Å²) in [5.74, 6) is 0.869. The van der Waals surface area contributed by atoms with E-state index >= 15 is 0 Å². The number of rotatable bonds is 9. The molecule has 1 atom stereocenters. The van der Waals surface area contributed by atoms with Crippen LogP contribution in [0.5, 0.6) is 5.75 Å². The average molecular weight is 461 g/mol. The monoisotopic (exact) mass is 460 g/mol. The zero-order valence-corrected chi connectivity index (χ0v) is 19.2. The van der Waals surface area contributed by atoms with Crippen LogP contribution in [0.25, 0.3) is 10.1 Å². The molecule has 3 aromatic rings. The standard InChI is InChI=1S/C23H28N2O4S2/c1-31(27,28)25-17-6-4-5-16(13-17)21(26)15-24-11-12-29-18-9-10-20-19-7-2-3-8-22(19)30-23(20)14-18/h4-6,9-10,13-14,21,24-26H,2-3,7-8,11-12,15H2,1H3. The summed E-state index contributed by atoms with van der Waals surface area (Å²) < 4.78 is 32.3. The average Bonchev–Trinajstić information content (AvgIpc) is 3.10. The van der Waals surface area contributed by atoms with Crippen molar-refractivity contribution in [1.82, 2.24) is 5.32 Å². The predicted octanol–water partition coefficient (Wildman–Crippen LogP) is 3.85. The minimum Gasteiger partial charge on any atom is -0.492 e. The van der Waals surface area contributed by atoms with Crippen LogP contribution in [0.4, 0.5) is 5.69 Å². The van der Waals surface area contributed by atoms with E-state index in [9.17, 15) is 13.5 Å². The molecule has 1 aliphatic rings. The zero-order chi connectivity index (χ0) is 21.8. The lowest BCUT2D eigenvalue weighted by molar-refractivity contribution is 0.172. The van der Waals surface area contributed by atoms with E-state index in [1.165, 1.54) is 46.2 Å². The first-order valence-electron chi connectivity index (χ1n) is 10.5. The molecule has 8 heteroatoms. The second-order valence-electron chi connectivity index (χ2n) is 7.94. The highest BCUT2D eigenvalue weighted by atomic mass is 32.2. The van der Waals surface area contributed by atoms with E-state index in [-0.39, 0.29) is 0 Å². The molecule has 0 spiro atoms. The first-order chi connectivity index (χ1) is 14.9. The van der Waals surface area contributed by atoms with Gasteiger partial charge in [-0.15, -0.1) is 11.3 Å². The molecular formula is C23H28N2O4S2. The summed E-state index contributed by atoms with van der Waals surface area (Å²) in [5, 5.41) is 14.9. The highest BCUT2D eigenvalue weighted by Crippen LogP contribution is 2.37. The van der Waals surface area contributed by atoms with Gasteiger partial charge in [0.2, 0.25) is 10.0 Å². The molecule has 1 aromatic heterocycles. The number of fused-ring (bicyclic) bond motifs is 3. The maximum absolute atomic E-state index is 11.4. The van der Waals surface area contributed by atoms with E-state index in [0.717, 1.165) is 12.0 Å². The van der Waals surface area contributed by atoms with Gasteiger partial charge in [0.15, 0.2) is 0 Å². The van der Waals surface area contributed by atoms with Crippen LogP contribution in [0.1, 0.15) is 34.9 Å². The summed E-state index contributed by atoms with van der Waals surface area (Å²) in [6.45, 7) is 1.44. The fourth-order valence-electron chi connectivity index (χ4n) is 3.96. The number of ether oxygens (including phenoxy) is 1. The number of anilines is 1. The first kappa shape index (κ1) is 22.1. The second kappa shape index (κ2) is 9.56. The van der Waals surface area contributed by atoms with Gasteiger partial charge in [-0.3, -0.25) is 4.72 Å². The van der Waals surface area contributed by atoms with E-state index in [4.69, 9.17) is 4.74 Å². The van der Waals surface area contributed by atoms with E-state index < -0.39 is 16.1 Å². The third kappa shape index (κ3) is 5.77. The molecule has 0 radical (unpaired) electrons. The van der Waals surface area contributed by atoms with Gasteiger partial charge in [0.25, 0.3) is 0 Å². The maximum atomic E-state index is 11.4. The lowest BCUT2D eigenvalue weighted by Gasteiger charge is -2.14. The molecule has 0 aliphatic heterocycles. The van der Waals surface area contributed by atoms with Crippen molar-refractivity contribution in [3.05, 3.63) is 58.5 Å². The number of hydrogen-bond donors (Lipinski definition) is 3. The van der Waals surface area contributed by atoms with Gasteiger partial charge in [-0.05, 0) is 72.5 Å². The van der Waals surface area contributed by atoms with Gasteiger partial charge < -0.3 is 15.2 Å². The summed E-state index contributed by atoms with van der Waals surface area (Å²) in [4.78, 5) is 1.53. The van der Waals surface area contributed by atoms with Gasteiger partial charge >= 0.3 is 0 Å². The third-order valence-electron chi connectivity index (χ3n) is 5.39. The van der Waals surface area contributed by atoms with Gasteiger partial charge in [0.1, 0.15) is 12.4 Å². The van der Waals surface area contributed by atoms with Gasteiger partial charge in [-0.2, -0.15) is 0 Å². The van der Waals surface area contributed by atoms with Crippen molar-refractivity contribution in [3.63, 3.8) is 0 Å². The topological polar surface area (TPSA) is 87.7 Å². The number of aryl methyl sites for hydroxylation is 2. The predicted molar refractivity (Wildman–Crippen MR) is 127 cm³/mol. The van der Waals surface area contributed by atoms with Crippen LogP contribution in [0, 0.1) is 0 Å². The number of sulfonamides is 1. The number of thiophene rings is 1. The molecule has 4 rings (SSSR count). The summed E-state index contributed by atoms with van der Waals surface area (Å²) in [6.07, 6.45) is 5.32. The fourth-order valence-corrected chi connectivity index (χ4v) is 5.83. The smallest absolute Gasteiger partial charge is 0.229 e. The third-order valence-corrected chi connectivity index (χ3v) is 7.25. The van der Waals surface area contributed by atoms with Crippen LogP contribution >= 0.6 is 11.3 Å². The van der Waals surface area contributed by atoms with Crippen molar-refractivity contribution in [1.29, 1.82) is 0 Å². The van der Waals surface area contributed by atoms with Crippen LogP contribution in [0.2, 0.25) is 0 Å². The van der Waals surface area contributed by atoms with E-state index in [1.54, 1.807) is 24.3 Å². The van der Waals surface area contributed by atoms with Crippen LogP contribution in [-0.4, -0.2) is 39.5 Å². The Balaban J connectivity index is 1.25. The van der Waals surface area contributed by atoms with E-state index in [2.05, 4.69) is 22.2 Å². The summed E-state index contributed by atoms with van der Waals surface area (Å²) in [5.41, 5.74) is 2.62. The Kier molecular flexibility index (Phi) is 6.81. The van der Waals surface area contributed by atoms with Crippen LogP contribution in [0.15, 0.2) is 42.5 Å². The molecule has 0 bridgehead atoms. The number of aliphatic hydroxyl groups is 1. The molecule has 31 heavy (non-hydrogen) atoms. The van der Waals surface area contributed by atoms with Gasteiger partial charge in [0.05, 0.1) is 12.4 Å². The largest absolute Gasteiger partial charge is 0.492 e. The Labute approximate surface area is 187 Å². The Morgan fingerprint density at radius 3 is 2.84 bits per heavy atom. The second-order valence-corrected chi connectivity index (χ2v) is 10.8. The van der Waals surface area contributed by atoms with Crippen molar-refractivity contribution >= 4 is 37.1 Å². The highest BCUT2D eigenvalue weighted by Gasteiger charge is 2.16. The van der Waals surface area contributed by atoms with Crippen LogP contribution < -0.4 is 14.8 Å². The molecule has 2 aromatic carbocycles. The lowest BCUT2D eigenvalue weighted by Crippen LogP contribution is -2.26. The van der Waals surface area contributed by atoms with Crippen molar-refractivity contribution in [2.75, 3.05) is 30.7 Å². The molecule has 0 fully saturated rings. The molecule has 0 amide bonds. The van der Waals surface area contributed by atoms with E-state index in [0.29, 0.717) is 30.9 Å². The quantitative estimate of drug-likeness (QED) is 0.422.